The van der Waals surface area contributed by atoms with Gasteiger partial charge in [-0.15, -0.1) is 4.58 Å². The lowest BCUT2D eigenvalue weighted by Gasteiger charge is -2.13. The molecule has 0 fully saturated rings. The van der Waals surface area contributed by atoms with Crippen LogP contribution in [-0.4, -0.2) is 47.7 Å². The second kappa shape index (κ2) is 10.3. The molecular formula is C22H22N2O4S4. The summed E-state index contributed by atoms with van der Waals surface area (Å²) in [4.78, 5) is 16.6. The Balaban J connectivity index is 0.000000222. The van der Waals surface area contributed by atoms with Gasteiger partial charge in [0.2, 0.25) is 0 Å². The molecule has 4 rings (SSSR count). The van der Waals surface area contributed by atoms with Crippen LogP contribution in [0.5, 0.6) is 0 Å². The fourth-order valence-corrected chi connectivity index (χ4v) is 6.60. The van der Waals surface area contributed by atoms with E-state index in [0.717, 1.165) is 25.6 Å². The van der Waals surface area contributed by atoms with Crippen molar-refractivity contribution in [2.24, 2.45) is 0 Å². The Bertz CT molecular complexity index is 1220. The molecule has 2 aliphatic heterocycles. The molecule has 0 atom stereocenters. The van der Waals surface area contributed by atoms with Crippen molar-refractivity contribution in [2.75, 3.05) is 24.7 Å². The number of rotatable bonds is 3. The van der Waals surface area contributed by atoms with E-state index < -0.39 is 10.1 Å². The van der Waals surface area contributed by atoms with Crippen LogP contribution in [0, 0.1) is 6.92 Å². The number of aryl methyl sites for hydroxylation is 1. The summed E-state index contributed by atoms with van der Waals surface area (Å²) in [6.45, 7) is 6.12. The minimum atomic E-state index is -4.27. The van der Waals surface area contributed by atoms with Gasteiger partial charge in [0.05, 0.1) is 10.6 Å². The first kappa shape index (κ1) is 24.7. The number of hydrogen-bond donors (Lipinski definition) is 0. The van der Waals surface area contributed by atoms with Crippen molar-refractivity contribution >= 4 is 61.4 Å². The van der Waals surface area contributed by atoms with Gasteiger partial charge in [-0.1, -0.05) is 59.9 Å². The molecule has 1 amide bonds. The zero-order valence-corrected chi connectivity index (χ0v) is 21.0. The molecule has 0 spiro atoms. The normalized spacial score (nSPS) is 17.9. The monoisotopic (exact) mass is 506 g/mol. The van der Waals surface area contributed by atoms with Crippen LogP contribution in [0.2, 0.25) is 0 Å². The summed E-state index contributed by atoms with van der Waals surface area (Å²) in [7, 11) is -2.25. The Labute approximate surface area is 201 Å². The van der Waals surface area contributed by atoms with Crippen molar-refractivity contribution in [1.29, 1.82) is 0 Å². The van der Waals surface area contributed by atoms with Crippen molar-refractivity contribution in [3.05, 3.63) is 76.7 Å². The molecule has 32 heavy (non-hydrogen) atoms. The number of fused-ring (bicyclic) bond motifs is 1. The van der Waals surface area contributed by atoms with Gasteiger partial charge < -0.3 is 9.45 Å². The van der Waals surface area contributed by atoms with E-state index in [1.165, 1.54) is 17.0 Å². The Morgan fingerprint density at radius 2 is 1.81 bits per heavy atom. The molecule has 0 radical (unpaired) electrons. The third kappa shape index (κ3) is 5.32. The molecule has 6 nitrogen and oxygen atoms in total. The van der Waals surface area contributed by atoms with Crippen molar-refractivity contribution in [2.45, 2.75) is 16.7 Å². The van der Waals surface area contributed by atoms with E-state index in [2.05, 4.69) is 23.6 Å². The molecular weight excluding hydrogens is 485 g/mol. The van der Waals surface area contributed by atoms with Crippen molar-refractivity contribution < 1.29 is 22.3 Å². The molecule has 0 N–H and O–H groups in total. The van der Waals surface area contributed by atoms with E-state index in [1.807, 2.05) is 32.4 Å². The molecule has 0 aromatic heterocycles. The second-order valence-electron chi connectivity index (χ2n) is 6.81. The van der Waals surface area contributed by atoms with Gasteiger partial charge in [-0.05, 0) is 43.5 Å². The van der Waals surface area contributed by atoms with Crippen molar-refractivity contribution in [1.82, 2.24) is 0 Å². The van der Waals surface area contributed by atoms with E-state index in [9.17, 15) is 17.8 Å². The summed E-state index contributed by atoms with van der Waals surface area (Å²) in [5.41, 5.74) is 2.09. The van der Waals surface area contributed by atoms with E-state index in [4.69, 9.17) is 0 Å². The fraction of sp³-hybridized carbons (Fsp3) is 0.182. The van der Waals surface area contributed by atoms with E-state index in [0.29, 0.717) is 6.54 Å². The molecule has 0 saturated carbocycles. The molecule has 0 saturated heterocycles. The summed E-state index contributed by atoms with van der Waals surface area (Å²) in [6.07, 6.45) is 3.77. The van der Waals surface area contributed by atoms with Crippen molar-refractivity contribution in [3.63, 3.8) is 0 Å². The van der Waals surface area contributed by atoms with Gasteiger partial charge in [0, 0.05) is 23.7 Å². The molecule has 2 aromatic carbocycles. The number of nitrogens with zero attached hydrogens (tertiary/aromatic N) is 2. The number of hydrogen-bond acceptors (Lipinski definition) is 8. The van der Waals surface area contributed by atoms with E-state index in [-0.39, 0.29) is 10.8 Å². The largest absolute Gasteiger partial charge is 0.744 e. The number of para-hydroxylation sites is 1. The summed E-state index contributed by atoms with van der Waals surface area (Å²) in [5.74, 6) is 0.0754. The van der Waals surface area contributed by atoms with Gasteiger partial charge in [-0.25, -0.2) is 13.2 Å². The summed E-state index contributed by atoms with van der Waals surface area (Å²) < 4.78 is 34.0. The zero-order chi connectivity index (χ0) is 23.5. The minimum absolute atomic E-state index is 0.0754. The number of amides is 1. The van der Waals surface area contributed by atoms with Crippen LogP contribution >= 0.6 is 35.3 Å². The van der Waals surface area contributed by atoms with Gasteiger partial charge in [-0.2, -0.15) is 0 Å². The maximum atomic E-state index is 12.7. The van der Waals surface area contributed by atoms with Gasteiger partial charge >= 0.3 is 5.91 Å². The SMILES string of the molecule is C=CC[N+]1=C(SC)S/C(=C2/Sc3ccccc3N2C)C1=O.Cc1ccc(S(=O)(=O)[O-])cc1. The van der Waals surface area contributed by atoms with E-state index >= 15 is 0 Å². The number of carbonyl (C=O) groups excluding carboxylic acids is 1. The molecule has 168 valence electrons. The topological polar surface area (TPSA) is 80.5 Å². The maximum Gasteiger partial charge on any atom is 0.430 e. The Hall–Kier alpha value is -1.98. The first-order valence-corrected chi connectivity index (χ1v) is 13.7. The van der Waals surface area contributed by atoms with Crippen LogP contribution in [0.4, 0.5) is 5.69 Å². The number of carbonyl (C=O) groups is 1. The predicted molar refractivity (Wildman–Crippen MR) is 133 cm³/mol. The highest BCUT2D eigenvalue weighted by Crippen LogP contribution is 2.49. The van der Waals surface area contributed by atoms with Gasteiger partial charge in [-0.3, -0.25) is 0 Å². The van der Waals surface area contributed by atoms with Crippen LogP contribution in [0.15, 0.2) is 80.9 Å². The highest BCUT2D eigenvalue weighted by molar-refractivity contribution is 8.40. The summed E-state index contributed by atoms with van der Waals surface area (Å²) in [5, 5.41) is 1.02. The fourth-order valence-electron chi connectivity index (χ4n) is 2.97. The molecule has 2 heterocycles. The van der Waals surface area contributed by atoms with Crippen LogP contribution in [0.1, 0.15) is 5.56 Å². The van der Waals surface area contributed by atoms with Crippen molar-refractivity contribution in [3.8, 4) is 0 Å². The van der Waals surface area contributed by atoms with Crippen LogP contribution in [-0.2, 0) is 14.9 Å². The molecule has 0 unspecified atom stereocenters. The molecule has 0 aliphatic carbocycles. The highest BCUT2D eigenvalue weighted by atomic mass is 32.2. The van der Waals surface area contributed by atoms with Crippen LogP contribution in [0.25, 0.3) is 0 Å². The highest BCUT2D eigenvalue weighted by Gasteiger charge is 2.42. The van der Waals surface area contributed by atoms with E-state index in [1.54, 1.807) is 58.1 Å². The average Bonchev–Trinajstić information content (AvgIpc) is 3.25. The second-order valence-corrected chi connectivity index (χ2v) is 11.3. The first-order chi connectivity index (χ1) is 15.2. The Kier molecular flexibility index (Phi) is 7.94. The minimum Gasteiger partial charge on any atom is -0.744 e. The first-order valence-electron chi connectivity index (χ1n) is 9.46. The molecule has 2 aliphatic rings. The maximum absolute atomic E-state index is 12.7. The smallest absolute Gasteiger partial charge is 0.430 e. The van der Waals surface area contributed by atoms with Crippen LogP contribution in [0.3, 0.4) is 0 Å². The molecule has 0 bridgehead atoms. The third-order valence-electron chi connectivity index (χ3n) is 4.58. The average molecular weight is 507 g/mol. The quantitative estimate of drug-likeness (QED) is 0.261. The Morgan fingerprint density at radius 3 is 2.38 bits per heavy atom. The molecule has 10 heteroatoms. The number of benzene rings is 2. The number of anilines is 1. The lowest BCUT2D eigenvalue weighted by molar-refractivity contribution is -0.426. The summed E-state index contributed by atoms with van der Waals surface area (Å²) >= 11 is 4.84. The molecule has 2 aromatic rings. The summed E-state index contributed by atoms with van der Waals surface area (Å²) in [6, 6.07) is 14.0. The standard InChI is InChI=1S/C15H15N2OS3.C7H8O3S/c1-4-9-17-13(18)12(21-15(17)19-3)14-16(2)10-7-5-6-8-11(10)20-14;1-6-2-4-7(5-3-6)11(8,9)10/h4-8H,1,9H2,2-3H3;2-5H,1H3,(H,8,9,10)/q+1;/p-1/b14-12+;. The Morgan fingerprint density at radius 1 is 1.16 bits per heavy atom. The zero-order valence-electron chi connectivity index (χ0n) is 17.8. The van der Waals surface area contributed by atoms with Gasteiger partial charge in [0.15, 0.2) is 11.4 Å². The predicted octanol–water partition coefficient (Wildman–Crippen LogP) is 4.49. The van der Waals surface area contributed by atoms with Gasteiger partial charge in [0.1, 0.15) is 15.1 Å². The van der Waals surface area contributed by atoms with Crippen LogP contribution < -0.4 is 4.90 Å². The number of thioether (sulfide) groups is 3. The lowest BCUT2D eigenvalue weighted by atomic mass is 10.2. The lowest BCUT2D eigenvalue weighted by Crippen LogP contribution is -2.21. The third-order valence-corrected chi connectivity index (χ3v) is 9.08. The van der Waals surface area contributed by atoms with Gasteiger partial charge in [0.25, 0.3) is 4.38 Å².